The lowest BCUT2D eigenvalue weighted by Crippen LogP contribution is -2.74. The summed E-state index contributed by atoms with van der Waals surface area (Å²) in [5, 5.41) is 64.3. The van der Waals surface area contributed by atoms with Crippen molar-refractivity contribution in [3.05, 3.63) is 51.8 Å². The SMILES string of the molecule is CCCCCCCC/C=C\CCCCCCCC(=O)[C@@]1(O)[C@@H](O)[C@H](O)[C@@H](CO)O[C@]1(O)c1ccc([N+](=O)[O-])cc1F. The minimum Gasteiger partial charge on any atom is -0.394 e. The number of nitro groups is 1. The highest BCUT2D eigenvalue weighted by Crippen LogP contribution is 2.46. The summed E-state index contributed by atoms with van der Waals surface area (Å²) in [5.74, 6) is -5.72. The van der Waals surface area contributed by atoms with Crippen molar-refractivity contribution in [1.82, 2.24) is 0 Å². The topological polar surface area (TPSA) is 171 Å². The van der Waals surface area contributed by atoms with Crippen LogP contribution in [0.5, 0.6) is 0 Å². The molecule has 1 fully saturated rings. The minimum absolute atomic E-state index is 0.292. The van der Waals surface area contributed by atoms with Crippen molar-refractivity contribution in [2.45, 2.75) is 127 Å². The van der Waals surface area contributed by atoms with Crippen LogP contribution < -0.4 is 0 Å². The summed E-state index contributed by atoms with van der Waals surface area (Å²) in [7, 11) is 0. The van der Waals surface area contributed by atoms with E-state index in [2.05, 4.69) is 19.1 Å². The van der Waals surface area contributed by atoms with Gasteiger partial charge < -0.3 is 30.3 Å². The predicted molar refractivity (Wildman–Crippen MR) is 150 cm³/mol. The Balaban J connectivity index is 1.92. The third-order valence-electron chi connectivity index (χ3n) is 7.77. The summed E-state index contributed by atoms with van der Waals surface area (Å²) in [5.41, 5.74) is -4.73. The van der Waals surface area contributed by atoms with Crippen LogP contribution in [0.2, 0.25) is 0 Å². The van der Waals surface area contributed by atoms with Gasteiger partial charge in [-0.25, -0.2) is 4.39 Å². The number of allylic oxidation sites excluding steroid dienone is 2. The smallest absolute Gasteiger partial charge is 0.272 e. The first-order valence-electron chi connectivity index (χ1n) is 14.8. The lowest BCUT2D eigenvalue weighted by Gasteiger charge is -2.52. The Morgan fingerprint density at radius 2 is 1.56 bits per heavy atom. The highest BCUT2D eigenvalue weighted by atomic mass is 19.1. The molecule has 5 atom stereocenters. The molecule has 1 heterocycles. The van der Waals surface area contributed by atoms with Crippen LogP contribution in [0.3, 0.4) is 0 Å². The molecule has 0 radical (unpaired) electrons. The van der Waals surface area contributed by atoms with Crippen LogP contribution in [0.15, 0.2) is 30.4 Å². The fourth-order valence-electron chi connectivity index (χ4n) is 5.24. The summed E-state index contributed by atoms with van der Waals surface area (Å²) < 4.78 is 20.2. The van der Waals surface area contributed by atoms with Gasteiger partial charge in [0.05, 0.1) is 23.2 Å². The minimum atomic E-state index is -3.24. The number of ether oxygens (including phenoxy) is 1. The molecule has 0 aromatic heterocycles. The number of aliphatic hydroxyl groups is 5. The highest BCUT2D eigenvalue weighted by Gasteiger charge is 2.68. The maximum atomic E-state index is 14.9. The molecule has 10 nitrogen and oxygen atoms in total. The lowest BCUT2D eigenvalue weighted by molar-refractivity contribution is -0.387. The quantitative estimate of drug-likeness (QED) is 0.0688. The summed E-state index contributed by atoms with van der Waals surface area (Å²) in [6.45, 7) is 1.27. The van der Waals surface area contributed by atoms with Crippen molar-refractivity contribution in [2.75, 3.05) is 6.61 Å². The second kappa shape index (κ2) is 17.0. The van der Waals surface area contributed by atoms with Crippen LogP contribution in [0, 0.1) is 15.9 Å². The van der Waals surface area contributed by atoms with Gasteiger partial charge in [0, 0.05) is 12.5 Å². The first-order valence-corrected chi connectivity index (χ1v) is 14.8. The van der Waals surface area contributed by atoms with Crippen LogP contribution in [-0.4, -0.2) is 66.8 Å². The largest absolute Gasteiger partial charge is 0.394 e. The standard InChI is InChI=1S/C30H46FNO9/c1-2-3-4-5-6-7-8-9-10-11-12-13-14-15-16-17-26(34)29(37)28(36)27(35)25(21-33)41-30(29,38)23-19-18-22(32(39)40)20-24(23)31/h9-10,18-20,25,27-28,33,35-38H,2-8,11-17,21H2,1H3/b10-9-/t25-,27-,28+,29-,30-/m1/s1. The number of aliphatic hydroxyl groups excluding tert-OH is 3. The normalized spacial score (nSPS) is 26.5. The molecule has 232 valence electrons. The first-order chi connectivity index (χ1) is 19.5. The van der Waals surface area contributed by atoms with Crippen molar-refractivity contribution in [3.63, 3.8) is 0 Å². The van der Waals surface area contributed by atoms with E-state index in [1.807, 2.05) is 0 Å². The van der Waals surface area contributed by atoms with E-state index in [0.29, 0.717) is 18.9 Å². The number of nitro benzene ring substituents is 1. The van der Waals surface area contributed by atoms with E-state index in [1.165, 1.54) is 38.5 Å². The van der Waals surface area contributed by atoms with Gasteiger partial charge in [-0.05, 0) is 38.2 Å². The number of carbonyl (C=O) groups is 1. The number of hydrogen-bond acceptors (Lipinski definition) is 9. The Labute approximate surface area is 241 Å². The number of unbranched alkanes of at least 4 members (excludes halogenated alkanes) is 11. The summed E-state index contributed by atoms with van der Waals surface area (Å²) in [6.07, 6.45) is 11.4. The predicted octanol–water partition coefficient (Wildman–Crippen LogP) is 4.33. The van der Waals surface area contributed by atoms with Gasteiger partial charge in [0.2, 0.25) is 11.4 Å². The molecule has 0 amide bonds. The van der Waals surface area contributed by atoms with Gasteiger partial charge in [0.25, 0.3) is 5.69 Å². The average Bonchev–Trinajstić information content (AvgIpc) is 2.95. The fraction of sp³-hybridized carbons (Fsp3) is 0.700. The average molecular weight is 584 g/mol. The Bertz CT molecular complexity index is 1010. The molecule has 11 heteroatoms. The van der Waals surface area contributed by atoms with Crippen LogP contribution in [0.4, 0.5) is 10.1 Å². The third-order valence-corrected chi connectivity index (χ3v) is 7.77. The fourth-order valence-corrected chi connectivity index (χ4v) is 5.24. The first kappa shape index (κ1) is 34.9. The number of halogens is 1. The molecule has 1 aromatic rings. The zero-order chi connectivity index (χ0) is 30.5. The van der Waals surface area contributed by atoms with E-state index in [0.717, 1.165) is 44.2 Å². The Hall–Kier alpha value is -2.28. The number of hydrogen-bond donors (Lipinski definition) is 5. The van der Waals surface area contributed by atoms with Crippen molar-refractivity contribution >= 4 is 11.5 Å². The molecule has 5 N–H and O–H groups in total. The number of Topliss-reactive ketones (excluding diaryl/α,β-unsaturated/α-hetero) is 1. The van der Waals surface area contributed by atoms with E-state index < -0.39 is 64.1 Å². The highest BCUT2D eigenvalue weighted by molar-refractivity contribution is 5.89. The Kier molecular flexibility index (Phi) is 14.5. The number of nitrogens with zero attached hydrogens (tertiary/aromatic N) is 1. The molecule has 41 heavy (non-hydrogen) atoms. The molecule has 1 aliphatic rings. The van der Waals surface area contributed by atoms with Gasteiger partial charge in [-0.15, -0.1) is 0 Å². The molecule has 1 aromatic carbocycles. The van der Waals surface area contributed by atoms with Crippen LogP contribution >= 0.6 is 0 Å². The number of benzene rings is 1. The van der Waals surface area contributed by atoms with Crippen molar-refractivity contribution in [3.8, 4) is 0 Å². The third kappa shape index (κ3) is 8.86. The summed E-state index contributed by atoms with van der Waals surface area (Å²) in [4.78, 5) is 23.3. The zero-order valence-electron chi connectivity index (χ0n) is 23.9. The molecule has 2 rings (SSSR count). The Morgan fingerprint density at radius 1 is 1.00 bits per heavy atom. The van der Waals surface area contributed by atoms with Gasteiger partial charge in [-0.3, -0.25) is 14.9 Å². The van der Waals surface area contributed by atoms with Gasteiger partial charge in [0.15, 0.2) is 5.78 Å². The molecule has 0 bridgehead atoms. The second-order valence-electron chi connectivity index (χ2n) is 10.9. The zero-order valence-corrected chi connectivity index (χ0v) is 23.9. The molecular formula is C30H46FNO9. The van der Waals surface area contributed by atoms with Crippen LogP contribution in [0.1, 0.15) is 102 Å². The monoisotopic (exact) mass is 583 g/mol. The molecule has 0 saturated carbocycles. The van der Waals surface area contributed by atoms with E-state index in [9.17, 15) is 44.8 Å². The van der Waals surface area contributed by atoms with E-state index in [1.54, 1.807) is 0 Å². The van der Waals surface area contributed by atoms with Crippen molar-refractivity contribution in [1.29, 1.82) is 0 Å². The number of ketones is 1. The van der Waals surface area contributed by atoms with Gasteiger partial charge in [0.1, 0.15) is 24.1 Å². The maximum Gasteiger partial charge on any atom is 0.272 e. The molecule has 1 aliphatic heterocycles. The second-order valence-corrected chi connectivity index (χ2v) is 10.9. The number of non-ortho nitro benzene ring substituents is 1. The number of rotatable bonds is 19. The molecule has 1 saturated heterocycles. The maximum absolute atomic E-state index is 14.9. The summed E-state index contributed by atoms with van der Waals surface area (Å²) in [6, 6.07) is 2.06. The van der Waals surface area contributed by atoms with Crippen LogP contribution in [0.25, 0.3) is 0 Å². The molecular weight excluding hydrogens is 537 g/mol. The van der Waals surface area contributed by atoms with Crippen LogP contribution in [-0.2, 0) is 15.3 Å². The van der Waals surface area contributed by atoms with E-state index in [4.69, 9.17) is 4.74 Å². The molecule has 0 spiro atoms. The Morgan fingerprint density at radius 3 is 2.10 bits per heavy atom. The van der Waals surface area contributed by atoms with Gasteiger partial charge in [-0.1, -0.05) is 70.4 Å². The van der Waals surface area contributed by atoms with Crippen molar-refractivity contribution in [2.24, 2.45) is 0 Å². The van der Waals surface area contributed by atoms with Gasteiger partial charge >= 0.3 is 0 Å². The van der Waals surface area contributed by atoms with Gasteiger partial charge in [-0.2, -0.15) is 0 Å². The summed E-state index contributed by atoms with van der Waals surface area (Å²) >= 11 is 0. The lowest BCUT2D eigenvalue weighted by atomic mass is 9.72. The van der Waals surface area contributed by atoms with E-state index >= 15 is 0 Å². The van der Waals surface area contributed by atoms with E-state index in [-0.39, 0.29) is 6.42 Å². The number of carbonyl (C=O) groups excluding carboxylic acids is 1. The molecule has 0 unspecified atom stereocenters. The van der Waals surface area contributed by atoms with Crippen molar-refractivity contribution < 1.29 is 44.4 Å². The molecule has 0 aliphatic carbocycles.